The molecule has 0 aromatic rings. The molecule has 0 bridgehead atoms. The Bertz CT molecular complexity index is 219. The molecule has 1 rings (SSSR count). The smallest absolute Gasteiger partial charge is 0.410 e. The number of likely N-dealkylation sites (tertiary alicyclic amines) is 1. The Morgan fingerprint density at radius 2 is 2.07 bits per heavy atom. The summed E-state index contributed by atoms with van der Waals surface area (Å²) in [5, 5.41) is 0. The molecule has 0 radical (unpaired) electrons. The van der Waals surface area contributed by atoms with E-state index in [9.17, 15) is 4.79 Å². The average Bonchev–Trinajstić information content (AvgIpc) is 1.98. The molecular formula is C10H21N3O2. The topological polar surface area (TPSA) is 53.6 Å². The summed E-state index contributed by atoms with van der Waals surface area (Å²) in [6.45, 7) is 9.95. The Morgan fingerprint density at radius 1 is 1.47 bits per heavy atom. The van der Waals surface area contributed by atoms with Crippen molar-refractivity contribution in [1.29, 1.82) is 0 Å². The number of hydrazine groups is 1. The monoisotopic (exact) mass is 215 g/mol. The largest absolute Gasteiger partial charge is 0.444 e. The third-order valence-corrected chi connectivity index (χ3v) is 2.02. The molecule has 5 heteroatoms. The zero-order valence-electron chi connectivity index (χ0n) is 9.96. The van der Waals surface area contributed by atoms with E-state index in [2.05, 4.69) is 10.9 Å². The van der Waals surface area contributed by atoms with Gasteiger partial charge in [-0.2, -0.15) is 0 Å². The van der Waals surface area contributed by atoms with Crippen LogP contribution in [0, 0.1) is 0 Å². The van der Waals surface area contributed by atoms with Gasteiger partial charge in [0.2, 0.25) is 0 Å². The van der Waals surface area contributed by atoms with Crippen LogP contribution in [0.2, 0.25) is 0 Å². The van der Waals surface area contributed by atoms with Gasteiger partial charge in [-0.05, 0) is 20.8 Å². The summed E-state index contributed by atoms with van der Waals surface area (Å²) in [5.41, 5.74) is 5.74. The Labute approximate surface area is 91.1 Å². The number of carbonyl (C=O) groups excluding carboxylic acids is 1. The molecule has 0 saturated carbocycles. The van der Waals surface area contributed by atoms with Crippen molar-refractivity contribution in [3.8, 4) is 0 Å². The minimum absolute atomic E-state index is 0.225. The highest BCUT2D eigenvalue weighted by atomic mass is 16.6. The van der Waals surface area contributed by atoms with Crippen molar-refractivity contribution < 1.29 is 9.53 Å². The first-order chi connectivity index (χ1) is 6.92. The predicted molar refractivity (Wildman–Crippen MR) is 58.4 cm³/mol. The van der Waals surface area contributed by atoms with E-state index >= 15 is 0 Å². The van der Waals surface area contributed by atoms with E-state index in [4.69, 9.17) is 4.74 Å². The summed E-state index contributed by atoms with van der Waals surface area (Å²) in [4.78, 5) is 13.2. The van der Waals surface area contributed by atoms with Gasteiger partial charge in [-0.25, -0.2) is 4.79 Å². The van der Waals surface area contributed by atoms with Crippen LogP contribution in [0.1, 0.15) is 27.7 Å². The number of rotatable bonds is 3. The van der Waals surface area contributed by atoms with E-state index in [-0.39, 0.29) is 6.09 Å². The van der Waals surface area contributed by atoms with Crippen molar-refractivity contribution in [3.05, 3.63) is 0 Å². The van der Waals surface area contributed by atoms with Gasteiger partial charge in [0.25, 0.3) is 0 Å². The molecular weight excluding hydrogens is 194 g/mol. The fraction of sp³-hybridized carbons (Fsp3) is 0.900. The van der Waals surface area contributed by atoms with Crippen LogP contribution < -0.4 is 10.9 Å². The Balaban J connectivity index is 2.18. The van der Waals surface area contributed by atoms with E-state index in [1.165, 1.54) is 0 Å². The summed E-state index contributed by atoms with van der Waals surface area (Å²) in [7, 11) is 0. The first-order valence-electron chi connectivity index (χ1n) is 5.38. The van der Waals surface area contributed by atoms with E-state index in [1.54, 1.807) is 4.90 Å². The summed E-state index contributed by atoms with van der Waals surface area (Å²) in [6, 6.07) is 0.345. The lowest BCUT2D eigenvalue weighted by Crippen LogP contribution is -2.63. The highest BCUT2D eigenvalue weighted by Crippen LogP contribution is 2.14. The van der Waals surface area contributed by atoms with Gasteiger partial charge in [-0.1, -0.05) is 6.92 Å². The highest BCUT2D eigenvalue weighted by molar-refractivity contribution is 5.69. The maximum atomic E-state index is 11.5. The maximum absolute atomic E-state index is 11.5. The third-order valence-electron chi connectivity index (χ3n) is 2.02. The van der Waals surface area contributed by atoms with Gasteiger partial charge in [0.1, 0.15) is 5.60 Å². The summed E-state index contributed by atoms with van der Waals surface area (Å²) in [5.74, 6) is 0. The van der Waals surface area contributed by atoms with Gasteiger partial charge >= 0.3 is 6.09 Å². The number of amides is 1. The second-order valence-corrected chi connectivity index (χ2v) is 4.76. The number of carbonyl (C=O) groups is 1. The molecule has 1 heterocycles. The molecule has 0 aromatic carbocycles. The van der Waals surface area contributed by atoms with Crippen molar-refractivity contribution in [3.63, 3.8) is 0 Å². The average molecular weight is 215 g/mol. The molecule has 1 saturated heterocycles. The lowest BCUT2D eigenvalue weighted by molar-refractivity contribution is 0.00398. The Kier molecular flexibility index (Phi) is 3.93. The van der Waals surface area contributed by atoms with Crippen LogP contribution in [0.5, 0.6) is 0 Å². The maximum Gasteiger partial charge on any atom is 0.410 e. The molecule has 0 spiro atoms. The highest BCUT2D eigenvalue weighted by Gasteiger charge is 2.33. The second kappa shape index (κ2) is 4.81. The van der Waals surface area contributed by atoms with Crippen LogP contribution >= 0.6 is 0 Å². The summed E-state index contributed by atoms with van der Waals surface area (Å²) < 4.78 is 5.23. The van der Waals surface area contributed by atoms with Gasteiger partial charge in [0, 0.05) is 19.6 Å². The first-order valence-corrected chi connectivity index (χ1v) is 5.38. The van der Waals surface area contributed by atoms with Crippen molar-refractivity contribution in [1.82, 2.24) is 15.8 Å². The van der Waals surface area contributed by atoms with Crippen LogP contribution in [0.25, 0.3) is 0 Å². The molecule has 1 fully saturated rings. The van der Waals surface area contributed by atoms with Crippen LogP contribution in [0.3, 0.4) is 0 Å². The van der Waals surface area contributed by atoms with Crippen LogP contribution in [-0.4, -0.2) is 42.3 Å². The Hall–Kier alpha value is -0.810. The molecule has 0 unspecified atom stereocenters. The van der Waals surface area contributed by atoms with Gasteiger partial charge in [-0.3, -0.25) is 10.9 Å². The lowest BCUT2D eigenvalue weighted by atomic mass is 10.1. The fourth-order valence-electron chi connectivity index (χ4n) is 1.29. The molecule has 0 aliphatic carbocycles. The third kappa shape index (κ3) is 4.05. The van der Waals surface area contributed by atoms with Crippen molar-refractivity contribution in [2.45, 2.75) is 39.3 Å². The van der Waals surface area contributed by atoms with Gasteiger partial charge < -0.3 is 9.64 Å². The number of nitrogens with one attached hydrogen (secondary N) is 2. The Morgan fingerprint density at radius 3 is 2.53 bits per heavy atom. The van der Waals surface area contributed by atoms with Gasteiger partial charge in [0.15, 0.2) is 0 Å². The molecule has 88 valence electrons. The van der Waals surface area contributed by atoms with Gasteiger partial charge in [0.05, 0.1) is 6.04 Å². The molecule has 0 atom stereocenters. The van der Waals surface area contributed by atoms with Crippen molar-refractivity contribution in [2.75, 3.05) is 19.6 Å². The molecule has 2 N–H and O–H groups in total. The van der Waals surface area contributed by atoms with Crippen LogP contribution in [0.15, 0.2) is 0 Å². The minimum Gasteiger partial charge on any atom is -0.444 e. The number of hydrogen-bond acceptors (Lipinski definition) is 4. The minimum atomic E-state index is -0.405. The fourth-order valence-corrected chi connectivity index (χ4v) is 1.29. The zero-order valence-corrected chi connectivity index (χ0v) is 9.96. The molecule has 5 nitrogen and oxygen atoms in total. The van der Waals surface area contributed by atoms with E-state index in [0.717, 1.165) is 6.54 Å². The lowest BCUT2D eigenvalue weighted by Gasteiger charge is -2.40. The summed E-state index contributed by atoms with van der Waals surface area (Å²) in [6.07, 6.45) is -0.225. The van der Waals surface area contributed by atoms with Crippen molar-refractivity contribution in [2.24, 2.45) is 0 Å². The molecule has 15 heavy (non-hydrogen) atoms. The summed E-state index contributed by atoms with van der Waals surface area (Å²) >= 11 is 0. The number of ether oxygens (including phenoxy) is 1. The van der Waals surface area contributed by atoms with E-state index in [1.807, 2.05) is 27.7 Å². The predicted octanol–water partition coefficient (Wildman–Crippen LogP) is 0.720. The molecule has 0 aromatic heterocycles. The zero-order chi connectivity index (χ0) is 11.5. The second-order valence-electron chi connectivity index (χ2n) is 4.76. The van der Waals surface area contributed by atoms with E-state index < -0.39 is 5.60 Å². The molecule has 1 amide bonds. The SMILES string of the molecule is CCNNC1CN(C(=O)OC(C)(C)C)C1. The van der Waals surface area contributed by atoms with Gasteiger partial charge in [-0.15, -0.1) is 0 Å². The normalized spacial score (nSPS) is 17.5. The van der Waals surface area contributed by atoms with E-state index in [0.29, 0.717) is 19.1 Å². The van der Waals surface area contributed by atoms with Crippen LogP contribution in [0.4, 0.5) is 4.79 Å². The number of hydrogen-bond donors (Lipinski definition) is 2. The van der Waals surface area contributed by atoms with Crippen molar-refractivity contribution >= 4 is 6.09 Å². The molecule has 1 aliphatic rings. The quantitative estimate of drug-likeness (QED) is 0.681. The van der Waals surface area contributed by atoms with Crippen LogP contribution in [-0.2, 0) is 4.74 Å². The standard InChI is InChI=1S/C10H21N3O2/c1-5-11-12-8-6-13(7-8)9(14)15-10(2,3)4/h8,11-12H,5-7H2,1-4H3. The molecule has 1 aliphatic heterocycles. The first kappa shape index (κ1) is 12.3. The number of nitrogens with zero attached hydrogens (tertiary/aromatic N) is 1.